The molecule has 1 saturated heterocycles. The van der Waals surface area contributed by atoms with Crippen LogP contribution >= 0.6 is 0 Å². The van der Waals surface area contributed by atoms with Gasteiger partial charge in [-0.3, -0.25) is 71.9 Å². The van der Waals surface area contributed by atoms with Crippen molar-refractivity contribution in [2.75, 3.05) is 39.0 Å². The number of esters is 1. The van der Waals surface area contributed by atoms with Crippen LogP contribution in [0, 0.1) is 11.8 Å². The van der Waals surface area contributed by atoms with E-state index in [0.717, 1.165) is 34.7 Å². The number of nitrogen functional groups attached to an aromatic ring is 1. The molecule has 0 aliphatic carbocycles. The number of nitrogens with zero attached hydrogens (tertiary/aromatic N) is 1. The van der Waals surface area contributed by atoms with Crippen LogP contribution in [-0.2, 0) is 76.7 Å². The van der Waals surface area contributed by atoms with Gasteiger partial charge in [0.1, 0.15) is 54.4 Å². The van der Waals surface area contributed by atoms with Gasteiger partial charge in [0.05, 0.1) is 45.4 Å². The van der Waals surface area contributed by atoms with Crippen molar-refractivity contribution in [1.29, 1.82) is 0 Å². The first-order chi connectivity index (χ1) is 38.8. The van der Waals surface area contributed by atoms with Crippen molar-refractivity contribution < 1.29 is 107 Å². The maximum Gasteiger partial charge on any atom is 0.329 e. The monoisotopic (exact) mass is 1180 g/mol. The molecule has 1 aromatic rings. The lowest BCUT2D eigenvalue weighted by atomic mass is 9.95. The molecular weight excluding hydrogens is 1110 g/mol. The highest BCUT2D eigenvalue weighted by molar-refractivity contribution is 6.04. The van der Waals surface area contributed by atoms with Crippen molar-refractivity contribution in [2.24, 2.45) is 17.6 Å². The van der Waals surface area contributed by atoms with E-state index in [-0.39, 0.29) is 30.6 Å². The van der Waals surface area contributed by atoms with Gasteiger partial charge in [-0.1, -0.05) is 26.0 Å². The van der Waals surface area contributed by atoms with Gasteiger partial charge in [0.2, 0.25) is 59.1 Å². The normalized spacial score (nSPS) is 24.4. The maximum atomic E-state index is 14.6. The summed E-state index contributed by atoms with van der Waals surface area (Å²) in [6, 6.07) is -10.1. The smallest absolute Gasteiger partial charge is 0.329 e. The summed E-state index contributed by atoms with van der Waals surface area (Å²) in [5.41, 5.74) is 11.4. The molecule has 18 N–H and O–H groups in total. The van der Waals surface area contributed by atoms with Crippen LogP contribution in [0.25, 0.3) is 0 Å². The predicted octanol–water partition coefficient (Wildman–Crippen LogP) is -6.84. The number of benzene rings is 1. The molecule has 10 amide bonds. The summed E-state index contributed by atoms with van der Waals surface area (Å²) < 4.78 is 5.63. The van der Waals surface area contributed by atoms with Crippen LogP contribution in [0.4, 0.5) is 5.69 Å². The molecule has 34 heteroatoms. The highest BCUT2D eigenvalue weighted by Crippen LogP contribution is 2.21. The fraction of sp³-hybridized carbons (Fsp3) is 0.551. The van der Waals surface area contributed by atoms with Crippen LogP contribution in [0.2, 0.25) is 0 Å². The Hall–Kier alpha value is -9.34. The van der Waals surface area contributed by atoms with E-state index in [4.69, 9.17) is 16.2 Å². The Morgan fingerprint density at radius 1 is 0.663 bits per heavy atom. The highest BCUT2D eigenvalue weighted by Gasteiger charge is 2.41. The number of nitrogens with two attached hydrogens (primary N) is 2. The summed E-state index contributed by atoms with van der Waals surface area (Å²) in [7, 11) is 0.923. The van der Waals surface area contributed by atoms with Gasteiger partial charge >= 0.3 is 29.8 Å². The molecule has 0 saturated carbocycles. The zero-order chi connectivity index (χ0) is 63.0. The SMILES string of the molecule is CC(CC(=O)O)C(=O)NC1C(=O)NCC(=O)NC(CCCN)C(=O)NC(CC(=O)O)C(=O)NC(C)C(=O)NC(CC(=O)O)C(=O)NCC(=O)NC(CO)C(=O)NC(C(C)CC(=O)O)C(=O)N(C)C(CC(=O)c2ccccc2N)C(=O)OC1C. The summed E-state index contributed by atoms with van der Waals surface area (Å²) in [5.74, 6) is -24.2. The molecule has 1 aromatic carbocycles. The third-order valence-electron chi connectivity index (χ3n) is 12.4. The van der Waals surface area contributed by atoms with Gasteiger partial charge in [0.25, 0.3) is 0 Å². The molecule has 1 aliphatic rings. The summed E-state index contributed by atoms with van der Waals surface area (Å²) in [5, 5.41) is 67.7. The molecule has 2 rings (SSSR count). The zero-order valence-electron chi connectivity index (χ0n) is 45.7. The first kappa shape index (κ1) is 69.8. The molecule has 0 spiro atoms. The Bertz CT molecular complexity index is 2640. The van der Waals surface area contributed by atoms with Gasteiger partial charge in [-0.15, -0.1) is 0 Å². The Morgan fingerprint density at radius 2 is 1.18 bits per heavy atom. The summed E-state index contributed by atoms with van der Waals surface area (Å²) in [4.78, 5) is 212. The Morgan fingerprint density at radius 3 is 1.72 bits per heavy atom. The number of nitrogens with one attached hydrogen (secondary N) is 9. The minimum Gasteiger partial charge on any atom is -0.481 e. The minimum atomic E-state index is -2.10. The molecule has 34 nitrogen and oxygen atoms in total. The van der Waals surface area contributed by atoms with Crippen LogP contribution in [0.15, 0.2) is 24.3 Å². The van der Waals surface area contributed by atoms with Crippen molar-refractivity contribution in [2.45, 2.75) is 127 Å². The average molecular weight is 1180 g/mol. The van der Waals surface area contributed by atoms with Gasteiger partial charge < -0.3 is 94.5 Å². The average Bonchev–Trinajstić information content (AvgIpc) is 3.49. The number of carboxylic acid groups (broad SMARTS) is 4. The van der Waals surface area contributed by atoms with Crippen LogP contribution in [0.3, 0.4) is 0 Å². The number of carbonyl (C=O) groups excluding carboxylic acids is 12. The van der Waals surface area contributed by atoms with Crippen molar-refractivity contribution in [3.05, 3.63) is 29.8 Å². The number of Topliss-reactive ketones (excluding diaryl/α,β-unsaturated/α-hetero) is 1. The second-order valence-corrected chi connectivity index (χ2v) is 19.2. The number of para-hydroxylation sites is 1. The van der Waals surface area contributed by atoms with E-state index >= 15 is 0 Å². The van der Waals surface area contributed by atoms with Crippen LogP contribution in [-0.4, -0.2) is 213 Å². The number of amides is 10. The van der Waals surface area contributed by atoms with Crippen molar-refractivity contribution >= 4 is 100 Å². The number of anilines is 1. The molecule has 1 aliphatic heterocycles. The van der Waals surface area contributed by atoms with Crippen LogP contribution in [0.5, 0.6) is 0 Å². The van der Waals surface area contributed by atoms with E-state index < -0.39 is 213 Å². The molecule has 0 radical (unpaired) electrons. The number of aliphatic hydroxyl groups is 1. The molecule has 1 heterocycles. The van der Waals surface area contributed by atoms with E-state index in [1.54, 1.807) is 0 Å². The van der Waals surface area contributed by atoms with Gasteiger partial charge in [-0.05, 0) is 51.3 Å². The van der Waals surface area contributed by atoms with Gasteiger partial charge in [0.15, 0.2) is 5.78 Å². The number of ketones is 1. The Balaban J connectivity index is 2.87. The molecule has 11 atom stereocenters. The third kappa shape index (κ3) is 23.0. The number of likely N-dealkylation sites (N-methyl/N-ethyl adjacent to an activating group) is 1. The van der Waals surface area contributed by atoms with E-state index in [1.807, 2.05) is 16.0 Å². The number of hydrogen-bond acceptors (Lipinski definition) is 20. The molecule has 11 unspecified atom stereocenters. The molecule has 458 valence electrons. The van der Waals surface area contributed by atoms with Gasteiger partial charge in [0, 0.05) is 30.6 Å². The minimum absolute atomic E-state index is 0.00490. The maximum absolute atomic E-state index is 14.6. The number of carbonyl (C=O) groups is 16. The fourth-order valence-corrected chi connectivity index (χ4v) is 7.82. The number of ether oxygens (including phenoxy) is 1. The lowest BCUT2D eigenvalue weighted by Crippen LogP contribution is -2.60. The zero-order valence-corrected chi connectivity index (χ0v) is 45.7. The molecular formula is C49H70N12O22. The van der Waals surface area contributed by atoms with Gasteiger partial charge in [-0.25, -0.2) is 4.79 Å². The highest BCUT2D eigenvalue weighted by atomic mass is 16.5. The number of hydrogen-bond donors (Lipinski definition) is 16. The van der Waals surface area contributed by atoms with Crippen LogP contribution in [0.1, 0.15) is 83.0 Å². The Kier molecular flexibility index (Phi) is 28.1. The summed E-state index contributed by atoms with van der Waals surface area (Å²) in [6.07, 6.45) is -7.10. The predicted molar refractivity (Wildman–Crippen MR) is 280 cm³/mol. The van der Waals surface area contributed by atoms with E-state index in [2.05, 4.69) is 31.9 Å². The topological polar surface area (TPSA) is 547 Å². The molecule has 0 aromatic heterocycles. The van der Waals surface area contributed by atoms with Crippen LogP contribution < -0.4 is 59.3 Å². The van der Waals surface area contributed by atoms with E-state index in [1.165, 1.54) is 24.3 Å². The third-order valence-corrected chi connectivity index (χ3v) is 12.4. The number of carboxylic acids is 4. The van der Waals surface area contributed by atoms with Crippen molar-refractivity contribution in [3.8, 4) is 0 Å². The first-order valence-electron chi connectivity index (χ1n) is 25.5. The lowest BCUT2D eigenvalue weighted by molar-refractivity contribution is -0.162. The van der Waals surface area contributed by atoms with E-state index in [0.29, 0.717) is 4.90 Å². The standard InChI is InChI=1S/C49H70N12O22/c1-21(13-35(66)67)39-48(81)61(5)31(17-32(63)25-9-6-7-10-26(25)51)49(82)83-24(4)40(60-41(74)22(2)14-36(68)69)47(80)53-19-33(64)55-27(11-8-12-50)44(77)58-29(16-38(72)73)45(78)54-23(3)42(75)57-28(15-37(70)71)43(76)52-18-34(65)56-30(20-62)46(79)59-39/h6-7,9-10,21-24,27-31,39-40,62H,8,11-20,50-51H2,1-5H3,(H,52,76)(H,53,80)(H,54,78)(H,55,64)(H,56,65)(H,57,75)(H,58,77)(H,59,79)(H,60,74)(H,66,67)(H,68,69)(H,70,71)(H,72,73). The first-order valence-corrected chi connectivity index (χ1v) is 25.5. The van der Waals surface area contributed by atoms with Crippen molar-refractivity contribution in [3.63, 3.8) is 0 Å². The Labute approximate surface area is 472 Å². The number of aliphatic hydroxyl groups excluding tert-OH is 1. The van der Waals surface area contributed by atoms with Gasteiger partial charge in [-0.2, -0.15) is 0 Å². The van der Waals surface area contributed by atoms with Crippen molar-refractivity contribution in [1.82, 2.24) is 52.8 Å². The largest absolute Gasteiger partial charge is 0.481 e. The second kappa shape index (κ2) is 33.4. The summed E-state index contributed by atoms with van der Waals surface area (Å²) >= 11 is 0. The summed E-state index contributed by atoms with van der Waals surface area (Å²) in [6.45, 7) is 0.878. The van der Waals surface area contributed by atoms with E-state index in [9.17, 15) is 102 Å². The number of aliphatic carboxylic acids is 4. The molecule has 1 fully saturated rings. The number of cyclic esters (lactones) is 1. The fourth-order valence-electron chi connectivity index (χ4n) is 7.82. The second-order valence-electron chi connectivity index (χ2n) is 19.2. The molecule has 83 heavy (non-hydrogen) atoms. The lowest BCUT2D eigenvalue weighted by Gasteiger charge is -2.34. The quantitative estimate of drug-likeness (QED) is 0.0369. The molecule has 0 bridgehead atoms. The number of rotatable bonds is 18.